The molecule has 0 amide bonds. The number of ketones is 1. The second-order valence-electron chi connectivity index (χ2n) is 9.05. The van der Waals surface area contributed by atoms with Crippen LogP contribution in [0.3, 0.4) is 0 Å². The topological polar surface area (TPSA) is 65.1 Å². The van der Waals surface area contributed by atoms with Crippen molar-refractivity contribution in [1.29, 1.82) is 0 Å². The van der Waals surface area contributed by atoms with Gasteiger partial charge in [-0.3, -0.25) is 9.69 Å². The Kier molecular flexibility index (Phi) is 4.28. The lowest BCUT2D eigenvalue weighted by Gasteiger charge is -2.25. The highest BCUT2D eigenvalue weighted by Gasteiger charge is 2.47. The Morgan fingerprint density at radius 3 is 2.74 bits per heavy atom. The number of fused-ring (bicyclic) bond motifs is 2. The molecule has 31 heavy (non-hydrogen) atoms. The van der Waals surface area contributed by atoms with E-state index >= 15 is 0 Å². The number of nitrogens with zero attached hydrogens (tertiary/aromatic N) is 4. The molecule has 1 spiro atoms. The van der Waals surface area contributed by atoms with Gasteiger partial charge in [0.15, 0.2) is 5.78 Å². The Balaban J connectivity index is 1.22. The quantitative estimate of drug-likeness (QED) is 0.516. The minimum atomic E-state index is 0.199. The summed E-state index contributed by atoms with van der Waals surface area (Å²) >= 11 is 0. The van der Waals surface area contributed by atoms with Crippen LogP contribution in [-0.2, 0) is 0 Å². The summed E-state index contributed by atoms with van der Waals surface area (Å²) in [6.07, 6.45) is 5.98. The van der Waals surface area contributed by atoms with Gasteiger partial charge in [-0.25, -0.2) is 9.97 Å². The monoisotopic (exact) mass is 411 g/mol. The number of rotatable bonds is 4. The Labute approximate surface area is 180 Å². The van der Waals surface area contributed by atoms with Crippen LogP contribution in [0, 0.1) is 5.41 Å². The number of carbonyl (C=O) groups excluding carboxylic acids is 1. The molecule has 6 heteroatoms. The van der Waals surface area contributed by atoms with Crippen LogP contribution in [0.4, 0.5) is 5.82 Å². The molecule has 2 fully saturated rings. The summed E-state index contributed by atoms with van der Waals surface area (Å²) in [7, 11) is 0. The summed E-state index contributed by atoms with van der Waals surface area (Å²) in [6.45, 7) is 4.16. The van der Waals surface area contributed by atoms with Gasteiger partial charge in [-0.05, 0) is 35.7 Å². The second-order valence-corrected chi connectivity index (χ2v) is 9.05. The number of benzene rings is 2. The second kappa shape index (κ2) is 7.17. The third-order valence-electron chi connectivity index (χ3n) is 6.80. The van der Waals surface area contributed by atoms with Crippen LogP contribution in [0.1, 0.15) is 23.2 Å². The van der Waals surface area contributed by atoms with E-state index in [9.17, 15) is 4.79 Å². The molecule has 4 aromatic rings. The van der Waals surface area contributed by atoms with E-state index in [2.05, 4.69) is 43.0 Å². The molecule has 2 aliphatic rings. The highest BCUT2D eigenvalue weighted by atomic mass is 16.1. The molecule has 156 valence electrons. The van der Waals surface area contributed by atoms with Crippen molar-refractivity contribution in [2.24, 2.45) is 5.41 Å². The number of hydrogen-bond acceptors (Lipinski definition) is 5. The van der Waals surface area contributed by atoms with E-state index in [1.54, 1.807) is 6.33 Å². The number of carbonyl (C=O) groups is 1. The molecule has 1 saturated carbocycles. The lowest BCUT2D eigenvalue weighted by atomic mass is 10.0. The largest absolute Gasteiger partial charge is 0.354 e. The van der Waals surface area contributed by atoms with E-state index in [-0.39, 0.29) is 11.2 Å². The molecule has 1 aliphatic heterocycles. The zero-order valence-corrected chi connectivity index (χ0v) is 17.4. The summed E-state index contributed by atoms with van der Waals surface area (Å²) < 4.78 is 0. The molecular weight excluding hydrogens is 386 g/mol. The average molecular weight is 412 g/mol. The van der Waals surface area contributed by atoms with Crippen LogP contribution in [0.15, 0.2) is 61.1 Å². The van der Waals surface area contributed by atoms with Gasteiger partial charge in [-0.15, -0.1) is 0 Å². The number of aromatic amines is 1. The first-order valence-corrected chi connectivity index (χ1v) is 11.0. The first-order chi connectivity index (χ1) is 15.2. The maximum Gasteiger partial charge on any atom is 0.176 e. The predicted molar refractivity (Wildman–Crippen MR) is 122 cm³/mol. The highest BCUT2D eigenvalue weighted by Crippen LogP contribution is 2.48. The molecule has 1 aliphatic carbocycles. The van der Waals surface area contributed by atoms with Crippen LogP contribution in [-0.4, -0.2) is 58.4 Å². The van der Waals surface area contributed by atoms with Crippen molar-refractivity contribution in [2.45, 2.75) is 12.8 Å². The van der Waals surface area contributed by atoms with E-state index < -0.39 is 0 Å². The van der Waals surface area contributed by atoms with Crippen molar-refractivity contribution in [3.8, 4) is 0 Å². The standard InChI is InChI=1S/C25H25N5O/c31-22(20-6-5-18-3-1-2-4-19(18)13-20)14-29-11-12-30(16-25(15-29)8-9-25)24-21-7-10-26-23(21)27-17-28-24/h1-7,10,13,17H,8-9,11-12,14-16H2,(H,26,27,28). The Morgan fingerprint density at radius 2 is 1.87 bits per heavy atom. The number of nitrogens with one attached hydrogen (secondary N) is 1. The zero-order chi connectivity index (χ0) is 20.8. The first-order valence-electron chi connectivity index (χ1n) is 11.0. The van der Waals surface area contributed by atoms with Crippen molar-refractivity contribution < 1.29 is 4.79 Å². The van der Waals surface area contributed by atoms with Gasteiger partial charge in [0.05, 0.1) is 11.9 Å². The van der Waals surface area contributed by atoms with Gasteiger partial charge < -0.3 is 9.88 Å². The number of Topliss-reactive ketones (excluding diaryl/α,β-unsaturated/α-hetero) is 1. The molecule has 0 atom stereocenters. The Morgan fingerprint density at radius 1 is 1.00 bits per heavy atom. The van der Waals surface area contributed by atoms with Crippen molar-refractivity contribution in [3.05, 3.63) is 66.6 Å². The van der Waals surface area contributed by atoms with E-state index in [1.807, 2.05) is 36.5 Å². The van der Waals surface area contributed by atoms with Crippen LogP contribution >= 0.6 is 0 Å². The molecule has 6 nitrogen and oxygen atoms in total. The number of aromatic nitrogens is 3. The minimum Gasteiger partial charge on any atom is -0.354 e. The molecule has 6 rings (SSSR count). The fourth-order valence-corrected chi connectivity index (χ4v) is 4.93. The average Bonchev–Trinajstić information content (AvgIpc) is 3.42. The maximum absolute atomic E-state index is 13.1. The Bertz CT molecular complexity index is 1280. The van der Waals surface area contributed by atoms with Crippen molar-refractivity contribution in [1.82, 2.24) is 19.9 Å². The molecule has 0 radical (unpaired) electrons. The van der Waals surface area contributed by atoms with Gasteiger partial charge in [0.2, 0.25) is 0 Å². The van der Waals surface area contributed by atoms with Gasteiger partial charge in [0.25, 0.3) is 0 Å². The molecule has 0 unspecified atom stereocenters. The van der Waals surface area contributed by atoms with Crippen LogP contribution in [0.25, 0.3) is 21.8 Å². The van der Waals surface area contributed by atoms with Gasteiger partial charge in [-0.2, -0.15) is 0 Å². The summed E-state index contributed by atoms with van der Waals surface area (Å²) in [4.78, 5) is 30.0. The molecule has 1 N–H and O–H groups in total. The molecule has 1 saturated heterocycles. The lowest BCUT2D eigenvalue weighted by molar-refractivity contribution is 0.0924. The maximum atomic E-state index is 13.1. The summed E-state index contributed by atoms with van der Waals surface area (Å²) in [5.74, 6) is 1.20. The molecule has 3 heterocycles. The smallest absolute Gasteiger partial charge is 0.176 e. The van der Waals surface area contributed by atoms with E-state index in [1.165, 1.54) is 18.2 Å². The van der Waals surface area contributed by atoms with E-state index in [4.69, 9.17) is 0 Å². The number of anilines is 1. The predicted octanol–water partition coefficient (Wildman–Crippen LogP) is 3.90. The molecular formula is C25H25N5O. The van der Waals surface area contributed by atoms with Gasteiger partial charge in [0.1, 0.15) is 17.8 Å². The number of hydrogen-bond donors (Lipinski definition) is 1. The first kappa shape index (κ1) is 18.5. The minimum absolute atomic E-state index is 0.199. The Hall–Kier alpha value is -3.25. The fourth-order valence-electron chi connectivity index (χ4n) is 4.93. The fraction of sp³-hybridized carbons (Fsp3) is 0.320. The SMILES string of the molecule is O=C(CN1CCN(c2ncnc3[nH]ccc23)CC2(CC2)C1)c1ccc2ccccc2c1. The molecule has 0 bridgehead atoms. The van der Waals surface area contributed by atoms with Crippen LogP contribution < -0.4 is 4.90 Å². The third kappa shape index (κ3) is 3.47. The van der Waals surface area contributed by atoms with Crippen molar-refractivity contribution in [2.75, 3.05) is 37.6 Å². The summed E-state index contributed by atoms with van der Waals surface area (Å²) in [5, 5.41) is 3.36. The third-order valence-corrected chi connectivity index (χ3v) is 6.80. The van der Waals surface area contributed by atoms with Crippen molar-refractivity contribution >= 4 is 33.4 Å². The summed E-state index contributed by atoms with van der Waals surface area (Å²) in [5.41, 5.74) is 1.95. The normalized spacial score (nSPS) is 18.5. The van der Waals surface area contributed by atoms with Gasteiger partial charge in [0, 0.05) is 43.4 Å². The summed E-state index contributed by atoms with van der Waals surface area (Å²) in [6, 6.07) is 16.3. The van der Waals surface area contributed by atoms with Gasteiger partial charge in [-0.1, -0.05) is 36.4 Å². The molecule has 2 aromatic heterocycles. The van der Waals surface area contributed by atoms with Gasteiger partial charge >= 0.3 is 0 Å². The highest BCUT2D eigenvalue weighted by molar-refractivity contribution is 6.01. The van der Waals surface area contributed by atoms with Crippen LogP contribution in [0.5, 0.6) is 0 Å². The van der Waals surface area contributed by atoms with E-state index in [0.29, 0.717) is 6.54 Å². The molecule has 2 aromatic carbocycles. The van der Waals surface area contributed by atoms with Crippen LogP contribution in [0.2, 0.25) is 0 Å². The zero-order valence-electron chi connectivity index (χ0n) is 17.4. The van der Waals surface area contributed by atoms with Crippen molar-refractivity contribution in [3.63, 3.8) is 0 Å². The lowest BCUT2D eigenvalue weighted by Crippen LogP contribution is -2.35. The van der Waals surface area contributed by atoms with E-state index in [0.717, 1.165) is 54.0 Å². The number of H-pyrrole nitrogens is 1.